The van der Waals surface area contributed by atoms with Gasteiger partial charge in [0, 0.05) is 37.6 Å². The largest absolute Gasteiger partial charge is 0.496 e. The standard InChI is InChI=1S/C15H21N3O2S/c1-11(2)13(9-16)17-4-6-18(7-5-17)15(19)14-8-12(20-3)10-21-14/h8,10-11,13H,4-7H2,1-3H3. The molecule has 21 heavy (non-hydrogen) atoms. The number of carbonyl (C=O) groups excluding carboxylic acids is 1. The number of methoxy groups -OCH3 is 1. The summed E-state index contributed by atoms with van der Waals surface area (Å²) in [7, 11) is 1.60. The van der Waals surface area contributed by atoms with E-state index < -0.39 is 0 Å². The molecule has 114 valence electrons. The maximum absolute atomic E-state index is 12.4. The van der Waals surface area contributed by atoms with Crippen LogP contribution in [0.15, 0.2) is 11.4 Å². The molecule has 0 bridgehead atoms. The van der Waals surface area contributed by atoms with Crippen LogP contribution in [-0.4, -0.2) is 55.0 Å². The Morgan fingerprint density at radius 1 is 1.38 bits per heavy atom. The van der Waals surface area contributed by atoms with Crippen molar-refractivity contribution in [1.82, 2.24) is 9.80 Å². The molecule has 0 aliphatic carbocycles. The van der Waals surface area contributed by atoms with E-state index >= 15 is 0 Å². The van der Waals surface area contributed by atoms with Crippen LogP contribution >= 0.6 is 11.3 Å². The van der Waals surface area contributed by atoms with Crippen molar-refractivity contribution in [2.75, 3.05) is 33.3 Å². The lowest BCUT2D eigenvalue weighted by molar-refractivity contribution is 0.0581. The molecular formula is C15H21N3O2S. The fourth-order valence-corrected chi connectivity index (χ4v) is 3.37. The Balaban J connectivity index is 1.94. The number of amides is 1. The molecule has 6 heteroatoms. The number of carbonyl (C=O) groups is 1. The topological polar surface area (TPSA) is 56.6 Å². The van der Waals surface area contributed by atoms with E-state index in [0.29, 0.717) is 23.9 Å². The Kier molecular flexibility index (Phi) is 5.21. The molecule has 1 saturated heterocycles. The molecule has 0 radical (unpaired) electrons. The van der Waals surface area contributed by atoms with Gasteiger partial charge in [-0.05, 0) is 5.92 Å². The van der Waals surface area contributed by atoms with Gasteiger partial charge in [0.2, 0.25) is 0 Å². The van der Waals surface area contributed by atoms with Crippen molar-refractivity contribution in [3.8, 4) is 11.8 Å². The Morgan fingerprint density at radius 3 is 2.52 bits per heavy atom. The van der Waals surface area contributed by atoms with Gasteiger partial charge in [0.05, 0.1) is 18.1 Å². The zero-order valence-corrected chi connectivity index (χ0v) is 13.5. The molecule has 2 rings (SSSR count). The highest BCUT2D eigenvalue weighted by Crippen LogP contribution is 2.23. The summed E-state index contributed by atoms with van der Waals surface area (Å²) in [5.41, 5.74) is 0. The Labute approximate surface area is 129 Å². The summed E-state index contributed by atoms with van der Waals surface area (Å²) in [4.78, 5) is 17.1. The van der Waals surface area contributed by atoms with Crippen LogP contribution in [0.4, 0.5) is 0 Å². The van der Waals surface area contributed by atoms with E-state index in [2.05, 4.69) is 24.8 Å². The van der Waals surface area contributed by atoms with E-state index in [9.17, 15) is 10.1 Å². The van der Waals surface area contributed by atoms with Gasteiger partial charge in [0.15, 0.2) is 0 Å². The molecule has 1 aliphatic heterocycles. The van der Waals surface area contributed by atoms with E-state index in [4.69, 9.17) is 4.74 Å². The van der Waals surface area contributed by atoms with Gasteiger partial charge >= 0.3 is 0 Å². The minimum Gasteiger partial charge on any atom is -0.496 e. The van der Waals surface area contributed by atoms with Gasteiger partial charge in [0.25, 0.3) is 5.91 Å². The third-order valence-electron chi connectivity index (χ3n) is 3.78. The Morgan fingerprint density at radius 2 is 2.05 bits per heavy atom. The van der Waals surface area contributed by atoms with Crippen molar-refractivity contribution in [3.05, 3.63) is 16.3 Å². The predicted molar refractivity (Wildman–Crippen MR) is 82.6 cm³/mol. The fraction of sp³-hybridized carbons (Fsp3) is 0.600. The summed E-state index contributed by atoms with van der Waals surface area (Å²) in [6, 6.07) is 4.08. The quantitative estimate of drug-likeness (QED) is 0.854. The number of piperazine rings is 1. The van der Waals surface area contributed by atoms with Crippen molar-refractivity contribution in [3.63, 3.8) is 0 Å². The van der Waals surface area contributed by atoms with Crippen molar-refractivity contribution >= 4 is 17.2 Å². The number of hydrogen-bond acceptors (Lipinski definition) is 5. The molecule has 2 heterocycles. The molecule has 0 saturated carbocycles. The minimum absolute atomic E-state index is 0.0565. The second-order valence-electron chi connectivity index (χ2n) is 5.50. The van der Waals surface area contributed by atoms with Crippen molar-refractivity contribution < 1.29 is 9.53 Å². The highest BCUT2D eigenvalue weighted by molar-refractivity contribution is 7.12. The Hall–Kier alpha value is -1.58. The van der Waals surface area contributed by atoms with Crippen LogP contribution in [0.1, 0.15) is 23.5 Å². The van der Waals surface area contributed by atoms with E-state index in [1.807, 2.05) is 10.3 Å². The summed E-state index contributed by atoms with van der Waals surface area (Å²) in [5, 5.41) is 11.1. The summed E-state index contributed by atoms with van der Waals surface area (Å²) in [5.74, 6) is 1.09. The number of ether oxygens (including phenoxy) is 1. The third kappa shape index (κ3) is 3.55. The molecular weight excluding hydrogens is 286 g/mol. The van der Waals surface area contributed by atoms with Crippen LogP contribution in [0.5, 0.6) is 5.75 Å². The molecule has 0 spiro atoms. The first-order chi connectivity index (χ1) is 10.1. The average Bonchev–Trinajstić information content (AvgIpc) is 2.96. The first-order valence-corrected chi connectivity index (χ1v) is 8.00. The van der Waals surface area contributed by atoms with Crippen LogP contribution in [-0.2, 0) is 0 Å². The molecule has 0 aromatic carbocycles. The second kappa shape index (κ2) is 6.92. The van der Waals surface area contributed by atoms with E-state index in [-0.39, 0.29) is 11.9 Å². The molecule has 1 amide bonds. The minimum atomic E-state index is -0.0657. The fourth-order valence-electron chi connectivity index (χ4n) is 2.55. The zero-order valence-electron chi connectivity index (χ0n) is 12.7. The van der Waals surface area contributed by atoms with Crippen molar-refractivity contribution in [1.29, 1.82) is 5.26 Å². The third-order valence-corrected chi connectivity index (χ3v) is 4.68. The molecule has 1 aromatic rings. The molecule has 1 aliphatic rings. The van der Waals surface area contributed by atoms with E-state index in [0.717, 1.165) is 18.8 Å². The Bertz CT molecular complexity index is 527. The van der Waals surface area contributed by atoms with E-state index in [1.165, 1.54) is 11.3 Å². The maximum atomic E-state index is 12.4. The number of nitrogens with zero attached hydrogens (tertiary/aromatic N) is 3. The number of nitriles is 1. The average molecular weight is 307 g/mol. The summed E-state index contributed by atoms with van der Waals surface area (Å²) < 4.78 is 5.12. The van der Waals surface area contributed by atoms with Crippen molar-refractivity contribution in [2.24, 2.45) is 5.92 Å². The van der Waals surface area contributed by atoms with Crippen LogP contribution in [0, 0.1) is 17.2 Å². The normalized spacial score (nSPS) is 17.6. The lowest BCUT2D eigenvalue weighted by Crippen LogP contribution is -2.52. The number of rotatable bonds is 4. The highest BCUT2D eigenvalue weighted by Gasteiger charge is 2.28. The number of hydrogen-bond donors (Lipinski definition) is 0. The van der Waals surface area contributed by atoms with E-state index in [1.54, 1.807) is 13.2 Å². The summed E-state index contributed by atoms with van der Waals surface area (Å²) >= 11 is 1.41. The van der Waals surface area contributed by atoms with Gasteiger partial charge in [-0.1, -0.05) is 13.8 Å². The first-order valence-electron chi connectivity index (χ1n) is 7.12. The van der Waals surface area contributed by atoms with Crippen LogP contribution in [0.25, 0.3) is 0 Å². The van der Waals surface area contributed by atoms with Crippen LogP contribution in [0.3, 0.4) is 0 Å². The van der Waals surface area contributed by atoms with Gasteiger partial charge in [0.1, 0.15) is 11.8 Å². The zero-order chi connectivity index (χ0) is 15.4. The molecule has 0 N–H and O–H groups in total. The number of thiophene rings is 1. The van der Waals surface area contributed by atoms with Gasteiger partial charge in [-0.25, -0.2) is 0 Å². The SMILES string of the molecule is COc1csc(C(=O)N2CCN(C(C#N)C(C)C)CC2)c1. The monoisotopic (exact) mass is 307 g/mol. The molecule has 5 nitrogen and oxygen atoms in total. The molecule has 1 unspecified atom stereocenters. The van der Waals surface area contributed by atoms with Gasteiger partial charge in [-0.2, -0.15) is 5.26 Å². The smallest absolute Gasteiger partial charge is 0.264 e. The summed E-state index contributed by atoms with van der Waals surface area (Å²) in [6.07, 6.45) is 0. The molecule has 1 fully saturated rings. The summed E-state index contributed by atoms with van der Waals surface area (Å²) in [6.45, 7) is 6.97. The van der Waals surface area contributed by atoms with Crippen molar-refractivity contribution in [2.45, 2.75) is 19.9 Å². The van der Waals surface area contributed by atoms with Gasteiger partial charge in [-0.15, -0.1) is 11.3 Å². The second-order valence-corrected chi connectivity index (χ2v) is 6.41. The maximum Gasteiger partial charge on any atom is 0.264 e. The van der Waals surface area contributed by atoms with Gasteiger partial charge in [-0.3, -0.25) is 9.69 Å². The lowest BCUT2D eigenvalue weighted by atomic mass is 10.0. The van der Waals surface area contributed by atoms with Gasteiger partial charge < -0.3 is 9.64 Å². The predicted octanol–water partition coefficient (Wildman–Crippen LogP) is 2.06. The first kappa shape index (κ1) is 15.8. The highest BCUT2D eigenvalue weighted by atomic mass is 32.1. The lowest BCUT2D eigenvalue weighted by Gasteiger charge is -2.37. The molecule has 1 atom stereocenters. The van der Waals surface area contributed by atoms with Crippen LogP contribution in [0.2, 0.25) is 0 Å². The molecule has 1 aromatic heterocycles. The van der Waals surface area contributed by atoms with Crippen LogP contribution < -0.4 is 4.74 Å².